The van der Waals surface area contributed by atoms with Gasteiger partial charge in [0.1, 0.15) is 0 Å². The van der Waals surface area contributed by atoms with E-state index in [4.69, 9.17) is 0 Å². The fourth-order valence-electron chi connectivity index (χ4n) is 4.01. The molecule has 1 aromatic rings. The number of amides is 2. The third-order valence-electron chi connectivity index (χ3n) is 5.00. The van der Waals surface area contributed by atoms with Crippen LogP contribution in [-0.4, -0.2) is 42.4 Å². The lowest BCUT2D eigenvalue weighted by Gasteiger charge is -2.24. The average molecular weight is 315 g/mol. The molecule has 2 heterocycles. The van der Waals surface area contributed by atoms with Crippen LogP contribution in [0.5, 0.6) is 0 Å². The second-order valence-corrected chi connectivity index (χ2v) is 6.49. The van der Waals surface area contributed by atoms with Crippen LogP contribution in [0.25, 0.3) is 0 Å². The zero-order valence-electron chi connectivity index (χ0n) is 13.6. The molecule has 0 radical (unpaired) electrons. The number of carbonyl (C=O) groups excluding carboxylic acids is 2. The molecule has 3 atom stereocenters. The molecule has 0 aromatic heterocycles. The largest absolute Gasteiger partial charge is 0.355 e. The first-order chi connectivity index (χ1) is 11.2. The van der Waals surface area contributed by atoms with E-state index in [1.54, 1.807) is 0 Å². The van der Waals surface area contributed by atoms with Crippen LogP contribution in [0.3, 0.4) is 0 Å². The molecule has 0 saturated carbocycles. The lowest BCUT2D eigenvalue weighted by atomic mass is 9.93. The molecule has 5 heteroatoms. The van der Waals surface area contributed by atoms with Gasteiger partial charge in [0.2, 0.25) is 11.8 Å². The summed E-state index contributed by atoms with van der Waals surface area (Å²) in [6.07, 6.45) is 3.16. The molecule has 2 N–H and O–H groups in total. The molecule has 2 amide bonds. The second kappa shape index (κ2) is 7.13. The number of rotatable bonds is 5. The Balaban J connectivity index is 1.62. The average Bonchev–Trinajstić information content (AvgIpc) is 3.14. The van der Waals surface area contributed by atoms with E-state index in [2.05, 4.69) is 39.8 Å². The topological polar surface area (TPSA) is 61.4 Å². The van der Waals surface area contributed by atoms with Crippen molar-refractivity contribution in [3.8, 4) is 0 Å². The van der Waals surface area contributed by atoms with Crippen LogP contribution >= 0.6 is 0 Å². The maximum Gasteiger partial charge on any atom is 0.224 e. The highest BCUT2D eigenvalue weighted by atomic mass is 16.2. The second-order valence-electron chi connectivity index (χ2n) is 6.49. The molecular formula is C18H25N3O2. The van der Waals surface area contributed by atoms with Crippen LogP contribution in [-0.2, 0) is 9.59 Å². The number of carbonyl (C=O) groups is 2. The van der Waals surface area contributed by atoms with Crippen LogP contribution in [0.1, 0.15) is 37.8 Å². The summed E-state index contributed by atoms with van der Waals surface area (Å²) in [6, 6.07) is 11.2. The Morgan fingerprint density at radius 3 is 2.65 bits per heavy atom. The molecule has 2 aliphatic heterocycles. The van der Waals surface area contributed by atoms with Gasteiger partial charge < -0.3 is 10.6 Å². The van der Waals surface area contributed by atoms with Gasteiger partial charge in [0, 0.05) is 32.1 Å². The molecule has 1 aromatic carbocycles. The molecule has 0 aliphatic carbocycles. The van der Waals surface area contributed by atoms with Crippen LogP contribution in [0.4, 0.5) is 0 Å². The first-order valence-electron chi connectivity index (χ1n) is 8.49. The number of hydrogen-bond acceptors (Lipinski definition) is 3. The third-order valence-corrected chi connectivity index (χ3v) is 5.00. The number of hydrogen-bond donors (Lipinski definition) is 2. The molecule has 23 heavy (non-hydrogen) atoms. The lowest BCUT2D eigenvalue weighted by molar-refractivity contribution is -0.126. The number of benzene rings is 1. The van der Waals surface area contributed by atoms with Crippen molar-refractivity contribution < 1.29 is 9.59 Å². The molecule has 0 bridgehead atoms. The van der Waals surface area contributed by atoms with Crippen LogP contribution < -0.4 is 10.6 Å². The van der Waals surface area contributed by atoms with Gasteiger partial charge >= 0.3 is 0 Å². The maximum absolute atomic E-state index is 12.6. The summed E-state index contributed by atoms with van der Waals surface area (Å²) in [6.45, 7) is 3.56. The Kier molecular flexibility index (Phi) is 4.96. The summed E-state index contributed by atoms with van der Waals surface area (Å²) in [7, 11) is 0. The molecule has 124 valence electrons. The minimum atomic E-state index is -0.0637. The molecule has 0 spiro atoms. The van der Waals surface area contributed by atoms with E-state index in [9.17, 15) is 9.59 Å². The normalized spacial score (nSPS) is 26.7. The van der Waals surface area contributed by atoms with Crippen molar-refractivity contribution in [3.05, 3.63) is 35.9 Å². The Bertz CT molecular complexity index is 561. The fraction of sp³-hybridized carbons (Fsp3) is 0.556. The Morgan fingerprint density at radius 2 is 1.91 bits per heavy atom. The van der Waals surface area contributed by atoms with Crippen molar-refractivity contribution in [3.63, 3.8) is 0 Å². The SMILES string of the molecule is CC(=O)NCCNC(=O)C1CC(c2ccccc2)N2CCC[C@@H]12. The van der Waals surface area contributed by atoms with Gasteiger partial charge in [-0.25, -0.2) is 0 Å². The quantitative estimate of drug-likeness (QED) is 0.809. The van der Waals surface area contributed by atoms with Crippen molar-refractivity contribution in [1.82, 2.24) is 15.5 Å². The third kappa shape index (κ3) is 3.55. The predicted molar refractivity (Wildman–Crippen MR) is 88.7 cm³/mol. The summed E-state index contributed by atoms with van der Waals surface area (Å²) in [5.41, 5.74) is 1.31. The zero-order chi connectivity index (χ0) is 16.2. The monoisotopic (exact) mass is 315 g/mol. The predicted octanol–water partition coefficient (Wildman–Crippen LogP) is 1.46. The lowest BCUT2D eigenvalue weighted by Crippen LogP contribution is -2.40. The number of fused-ring (bicyclic) bond motifs is 1. The molecule has 2 aliphatic rings. The maximum atomic E-state index is 12.6. The zero-order valence-corrected chi connectivity index (χ0v) is 13.6. The minimum absolute atomic E-state index is 0.0556. The van der Waals surface area contributed by atoms with E-state index in [0.717, 1.165) is 19.4 Å². The highest BCUT2D eigenvalue weighted by Gasteiger charge is 2.46. The van der Waals surface area contributed by atoms with Gasteiger partial charge in [-0.2, -0.15) is 0 Å². The van der Waals surface area contributed by atoms with Gasteiger partial charge in [0.25, 0.3) is 0 Å². The van der Waals surface area contributed by atoms with Gasteiger partial charge in [0.15, 0.2) is 0 Å². The molecular weight excluding hydrogens is 290 g/mol. The van der Waals surface area contributed by atoms with Gasteiger partial charge in [-0.1, -0.05) is 30.3 Å². The summed E-state index contributed by atoms with van der Waals surface area (Å²) >= 11 is 0. The number of nitrogens with one attached hydrogen (secondary N) is 2. The van der Waals surface area contributed by atoms with E-state index < -0.39 is 0 Å². The van der Waals surface area contributed by atoms with Crippen molar-refractivity contribution in [1.29, 1.82) is 0 Å². The van der Waals surface area contributed by atoms with Crippen molar-refractivity contribution in [2.24, 2.45) is 5.92 Å². The van der Waals surface area contributed by atoms with Gasteiger partial charge in [0.05, 0.1) is 5.92 Å². The standard InChI is InChI=1S/C18H25N3O2/c1-13(22)19-9-10-20-18(23)15-12-17(14-6-3-2-4-7-14)21-11-5-8-16(15)21/h2-4,6-7,15-17H,5,8-12H2,1H3,(H,19,22)(H,20,23)/t15?,16-,17?/m0/s1. The molecule has 2 unspecified atom stereocenters. The van der Waals surface area contributed by atoms with Crippen molar-refractivity contribution in [2.45, 2.75) is 38.3 Å². The number of nitrogens with zero attached hydrogens (tertiary/aromatic N) is 1. The van der Waals surface area contributed by atoms with E-state index in [0.29, 0.717) is 25.2 Å². The molecule has 5 nitrogen and oxygen atoms in total. The van der Waals surface area contributed by atoms with E-state index in [1.165, 1.54) is 18.9 Å². The van der Waals surface area contributed by atoms with Crippen LogP contribution in [0.15, 0.2) is 30.3 Å². The smallest absolute Gasteiger partial charge is 0.224 e. The summed E-state index contributed by atoms with van der Waals surface area (Å²) in [5, 5.41) is 5.69. The molecule has 2 saturated heterocycles. The molecule has 3 rings (SSSR count). The summed E-state index contributed by atoms with van der Waals surface area (Å²) < 4.78 is 0. The fourth-order valence-corrected chi connectivity index (χ4v) is 4.01. The first kappa shape index (κ1) is 16.0. The minimum Gasteiger partial charge on any atom is -0.355 e. The van der Waals surface area contributed by atoms with Crippen molar-refractivity contribution in [2.75, 3.05) is 19.6 Å². The summed E-state index contributed by atoms with van der Waals surface area (Å²) in [5.74, 6) is 0.122. The van der Waals surface area contributed by atoms with E-state index in [-0.39, 0.29) is 17.7 Å². The Labute approximate surface area is 137 Å². The Morgan fingerprint density at radius 1 is 1.17 bits per heavy atom. The molecule has 2 fully saturated rings. The highest BCUT2D eigenvalue weighted by molar-refractivity contribution is 5.80. The van der Waals surface area contributed by atoms with Gasteiger partial charge in [-0.15, -0.1) is 0 Å². The first-order valence-corrected chi connectivity index (χ1v) is 8.49. The highest BCUT2D eigenvalue weighted by Crippen LogP contribution is 2.44. The van der Waals surface area contributed by atoms with E-state index >= 15 is 0 Å². The van der Waals surface area contributed by atoms with Gasteiger partial charge in [-0.05, 0) is 31.4 Å². The van der Waals surface area contributed by atoms with E-state index in [1.807, 2.05) is 6.07 Å². The van der Waals surface area contributed by atoms with Crippen LogP contribution in [0.2, 0.25) is 0 Å². The van der Waals surface area contributed by atoms with Crippen molar-refractivity contribution >= 4 is 11.8 Å². The Hall–Kier alpha value is -1.88. The summed E-state index contributed by atoms with van der Waals surface area (Å²) in [4.78, 5) is 25.9. The van der Waals surface area contributed by atoms with Crippen LogP contribution in [0, 0.1) is 5.92 Å². The van der Waals surface area contributed by atoms with Gasteiger partial charge in [-0.3, -0.25) is 14.5 Å².